The number of hydrogen-bond acceptors (Lipinski definition) is 13. The summed E-state index contributed by atoms with van der Waals surface area (Å²) in [4.78, 5) is 54.0. The van der Waals surface area contributed by atoms with Crippen LogP contribution in [0.25, 0.3) is 0 Å². The molecule has 1 saturated heterocycles. The third kappa shape index (κ3) is 4.48. The van der Waals surface area contributed by atoms with Crippen molar-refractivity contribution in [1.82, 2.24) is 30.3 Å². The summed E-state index contributed by atoms with van der Waals surface area (Å²) in [6.07, 6.45) is 6.75. The Morgan fingerprint density at radius 1 is 1.45 bits per heavy atom. The largest absolute Gasteiger partial charge is 0.477 e. The highest BCUT2D eigenvalue weighted by molar-refractivity contribution is 8.00. The number of Topliss-reactive ketones (excluding diaryl/α,β-unsaturated/α-hetero) is 1. The number of thiazole rings is 1. The highest BCUT2D eigenvalue weighted by Gasteiger charge is 2.54. The lowest BCUT2D eigenvalue weighted by atomic mass is 10.0. The zero-order valence-electron chi connectivity index (χ0n) is 16.6. The highest BCUT2D eigenvalue weighted by atomic mass is 32.2. The van der Waals surface area contributed by atoms with Crippen molar-refractivity contribution in [2.45, 2.75) is 11.4 Å². The van der Waals surface area contributed by atoms with Crippen molar-refractivity contribution in [2.24, 2.45) is 5.10 Å². The molecule has 2 amide bonds. The Labute approximate surface area is 199 Å². The van der Waals surface area contributed by atoms with Gasteiger partial charge in [-0.15, -0.1) is 44.7 Å². The average Bonchev–Trinajstić information content (AvgIpc) is 3.43. The van der Waals surface area contributed by atoms with E-state index >= 15 is 0 Å². The molecular formula is C17H16N8O5S3. The van der Waals surface area contributed by atoms with E-state index in [-0.39, 0.29) is 22.3 Å². The maximum absolute atomic E-state index is 12.7. The van der Waals surface area contributed by atoms with Gasteiger partial charge in [0.1, 0.15) is 29.1 Å². The summed E-state index contributed by atoms with van der Waals surface area (Å²) in [5.41, 5.74) is 8.64. The maximum Gasteiger partial charge on any atom is 0.352 e. The SMILES string of the molecule is C#CCN1C=NN(SCC2=C(C(=O)O)N3C(=O)C(NC(=O)C(=O)c4csc(N)n4)[C@H]3SC2)N1. The number of fused-ring (bicyclic) bond motifs is 1. The fourth-order valence-electron chi connectivity index (χ4n) is 3.16. The first-order chi connectivity index (χ1) is 15.8. The van der Waals surface area contributed by atoms with Crippen LogP contribution in [0.4, 0.5) is 5.13 Å². The van der Waals surface area contributed by atoms with Crippen LogP contribution in [0.15, 0.2) is 21.8 Å². The van der Waals surface area contributed by atoms with Gasteiger partial charge in [-0.25, -0.2) is 9.78 Å². The number of nitrogens with zero attached hydrogens (tertiary/aromatic N) is 5. The number of rotatable bonds is 8. The number of amides is 2. The van der Waals surface area contributed by atoms with Gasteiger partial charge in [0.05, 0.1) is 6.54 Å². The number of hydrazine groups is 2. The van der Waals surface area contributed by atoms with Crippen LogP contribution in [0, 0.1) is 12.3 Å². The van der Waals surface area contributed by atoms with Crippen LogP contribution >= 0.6 is 35.0 Å². The van der Waals surface area contributed by atoms with E-state index in [9.17, 15) is 24.3 Å². The third-order valence-corrected chi connectivity index (χ3v) is 7.54. The normalized spacial score (nSPS) is 21.5. The van der Waals surface area contributed by atoms with Gasteiger partial charge in [-0.1, -0.05) is 5.92 Å². The molecular weight excluding hydrogens is 492 g/mol. The molecule has 1 aromatic heterocycles. The molecule has 1 aromatic rings. The van der Waals surface area contributed by atoms with Crippen LogP contribution in [0.5, 0.6) is 0 Å². The van der Waals surface area contributed by atoms with Gasteiger partial charge in [0.15, 0.2) is 5.13 Å². The lowest BCUT2D eigenvalue weighted by Crippen LogP contribution is -2.71. The first-order valence-electron chi connectivity index (χ1n) is 9.20. The summed E-state index contributed by atoms with van der Waals surface area (Å²) in [5.74, 6) is -0.760. The topological polar surface area (TPSA) is 174 Å². The van der Waals surface area contributed by atoms with Gasteiger partial charge in [0.25, 0.3) is 17.6 Å². The van der Waals surface area contributed by atoms with Gasteiger partial charge >= 0.3 is 5.97 Å². The number of nitrogens with one attached hydrogen (secondary N) is 2. The van der Waals surface area contributed by atoms with E-state index in [0.29, 0.717) is 17.9 Å². The maximum atomic E-state index is 12.7. The molecule has 2 atom stereocenters. The van der Waals surface area contributed by atoms with Gasteiger partial charge in [0.2, 0.25) is 0 Å². The van der Waals surface area contributed by atoms with E-state index in [1.807, 2.05) is 0 Å². The smallest absolute Gasteiger partial charge is 0.352 e. The number of carbonyl (C=O) groups is 4. The first kappa shape index (κ1) is 22.9. The molecule has 13 nitrogen and oxygen atoms in total. The molecule has 172 valence electrons. The second-order valence-electron chi connectivity index (χ2n) is 6.73. The summed E-state index contributed by atoms with van der Waals surface area (Å²) in [7, 11) is 0. The van der Waals surface area contributed by atoms with Gasteiger partial charge in [-0.2, -0.15) is 0 Å². The molecule has 0 aromatic carbocycles. The highest BCUT2D eigenvalue weighted by Crippen LogP contribution is 2.41. The van der Waals surface area contributed by atoms with E-state index in [4.69, 9.17) is 12.2 Å². The lowest BCUT2D eigenvalue weighted by molar-refractivity contribution is -0.150. The molecule has 0 radical (unpaired) electrons. The molecule has 3 aliphatic heterocycles. The fourth-order valence-corrected chi connectivity index (χ4v) is 5.96. The summed E-state index contributed by atoms with van der Waals surface area (Å²) in [6.45, 7) is 0.301. The molecule has 5 N–H and O–H groups in total. The summed E-state index contributed by atoms with van der Waals surface area (Å²) < 4.78 is 1.43. The van der Waals surface area contributed by atoms with E-state index < -0.39 is 35.0 Å². The molecule has 1 unspecified atom stereocenters. The number of hydrogen-bond donors (Lipinski definition) is 4. The van der Waals surface area contributed by atoms with Crippen molar-refractivity contribution in [1.29, 1.82) is 0 Å². The number of nitrogens with two attached hydrogens (primary N) is 1. The van der Waals surface area contributed by atoms with Crippen LogP contribution in [0.1, 0.15) is 10.5 Å². The summed E-state index contributed by atoms with van der Waals surface area (Å²) >= 11 is 3.50. The van der Waals surface area contributed by atoms with Crippen molar-refractivity contribution < 1.29 is 24.3 Å². The molecule has 4 rings (SSSR count). The Hall–Kier alpha value is -3.26. The minimum atomic E-state index is -1.25. The van der Waals surface area contributed by atoms with Crippen molar-refractivity contribution >= 4 is 70.1 Å². The molecule has 1 fully saturated rings. The number of terminal acetylenes is 1. The van der Waals surface area contributed by atoms with Gasteiger partial charge < -0.3 is 16.2 Å². The zero-order valence-corrected chi connectivity index (χ0v) is 19.1. The van der Waals surface area contributed by atoms with E-state index in [0.717, 1.165) is 16.2 Å². The fraction of sp³-hybridized carbons (Fsp3) is 0.294. The number of carboxylic acid groups (broad SMARTS) is 1. The Morgan fingerprint density at radius 2 is 2.24 bits per heavy atom. The second kappa shape index (κ2) is 9.31. The predicted molar refractivity (Wildman–Crippen MR) is 122 cm³/mol. The van der Waals surface area contributed by atoms with E-state index in [1.54, 1.807) is 5.01 Å². The molecule has 16 heteroatoms. The average molecular weight is 509 g/mol. The number of thioether (sulfide) groups is 1. The van der Waals surface area contributed by atoms with Crippen LogP contribution < -0.4 is 16.6 Å². The van der Waals surface area contributed by atoms with Gasteiger partial charge in [-0.05, 0) is 17.5 Å². The monoisotopic (exact) mass is 508 g/mol. The molecule has 0 bridgehead atoms. The number of aliphatic carboxylic acids is 1. The molecule has 4 heterocycles. The van der Waals surface area contributed by atoms with Crippen LogP contribution in [-0.2, 0) is 14.4 Å². The van der Waals surface area contributed by atoms with Crippen molar-refractivity contribution in [3.63, 3.8) is 0 Å². The molecule has 3 aliphatic rings. The third-order valence-electron chi connectivity index (χ3n) is 4.63. The van der Waals surface area contributed by atoms with Crippen molar-refractivity contribution in [3.05, 3.63) is 22.3 Å². The van der Waals surface area contributed by atoms with Crippen LogP contribution in [0.2, 0.25) is 0 Å². The Kier molecular flexibility index (Phi) is 6.47. The minimum absolute atomic E-state index is 0.112. The summed E-state index contributed by atoms with van der Waals surface area (Å²) in [6, 6.07) is -1.02. The van der Waals surface area contributed by atoms with Gasteiger partial charge in [-0.3, -0.25) is 24.3 Å². The predicted octanol–water partition coefficient (Wildman–Crippen LogP) is -1.09. The number of aromatic nitrogens is 1. The van der Waals surface area contributed by atoms with Crippen LogP contribution in [-0.4, -0.2) is 83.9 Å². The first-order valence-corrected chi connectivity index (χ1v) is 12.1. The molecule has 33 heavy (non-hydrogen) atoms. The quantitative estimate of drug-likeness (QED) is 0.110. The number of β-lactam (4-membered cyclic amide) rings is 1. The van der Waals surface area contributed by atoms with E-state index in [2.05, 4.69) is 26.9 Å². The number of nitrogen functional groups attached to an aromatic ring is 1. The number of anilines is 1. The van der Waals surface area contributed by atoms with Crippen LogP contribution in [0.3, 0.4) is 0 Å². The Morgan fingerprint density at radius 3 is 2.91 bits per heavy atom. The van der Waals surface area contributed by atoms with Crippen molar-refractivity contribution in [2.75, 3.05) is 23.8 Å². The number of ketones is 1. The number of carboxylic acids is 1. The number of carbonyl (C=O) groups excluding carboxylic acids is 3. The Bertz CT molecular complexity index is 1130. The van der Waals surface area contributed by atoms with Gasteiger partial charge in [0, 0.05) is 16.9 Å². The zero-order chi connectivity index (χ0) is 23.7. The summed E-state index contributed by atoms with van der Waals surface area (Å²) in [5, 5.41) is 18.6. The molecule has 0 saturated carbocycles. The minimum Gasteiger partial charge on any atom is -0.477 e. The van der Waals surface area contributed by atoms with Crippen molar-refractivity contribution in [3.8, 4) is 12.3 Å². The standard InChI is InChI=1S/C17H16N8O5S3/c1-2-3-23-7-19-25(22-23)33-5-8-4-31-15-10(14(28)24(15)11(8)16(29)30)21-13(27)12(26)9-6-32-17(18)20-9/h1,6-7,10,15,22H,3-5H2,(H2,18,20)(H,21,27)(H,29,30)/t10?,15-/m1/s1. The number of hydrazone groups is 1. The lowest BCUT2D eigenvalue weighted by Gasteiger charge is -2.49. The van der Waals surface area contributed by atoms with E-state index in [1.165, 1.54) is 40.0 Å². The second-order valence-corrected chi connectivity index (χ2v) is 9.62. The Balaban J connectivity index is 1.40. The molecule has 0 spiro atoms. The molecule has 0 aliphatic carbocycles.